The molecule has 3 fully saturated rings. The summed E-state index contributed by atoms with van der Waals surface area (Å²) in [4.78, 5) is 29.5. The van der Waals surface area contributed by atoms with Crippen molar-refractivity contribution < 1.29 is 18.4 Å². The van der Waals surface area contributed by atoms with E-state index in [1.54, 1.807) is 4.90 Å². The number of hydrogen-bond donors (Lipinski definition) is 0. The van der Waals surface area contributed by atoms with Crippen LogP contribution in [-0.4, -0.2) is 41.2 Å². The molecule has 2 heterocycles. The van der Waals surface area contributed by atoms with Gasteiger partial charge in [0, 0.05) is 37.7 Å². The maximum absolute atomic E-state index is 14.0. The summed E-state index contributed by atoms with van der Waals surface area (Å²) in [6.45, 7) is 1.74. The van der Waals surface area contributed by atoms with Gasteiger partial charge in [0.05, 0.1) is 5.41 Å². The van der Waals surface area contributed by atoms with E-state index in [-0.39, 0.29) is 29.8 Å². The molecule has 2 aliphatic heterocycles. The molecule has 4 nitrogen and oxygen atoms in total. The Morgan fingerprint density at radius 1 is 1.11 bits per heavy atom. The van der Waals surface area contributed by atoms with Gasteiger partial charge in [0.15, 0.2) is 11.6 Å². The standard InChI is InChI=1S/C21H26F2N2O2/c22-17-8-3-7-16(18(17)23)13-24-11-4-9-21(20(24)27)10-12-25(14-21)19(26)15-5-1-2-6-15/h3,7-8,15H,1-2,4-6,9-14H2/t21-/m1/s1. The maximum Gasteiger partial charge on any atom is 0.230 e. The molecule has 0 unspecified atom stereocenters. The van der Waals surface area contributed by atoms with Crippen LogP contribution in [0.2, 0.25) is 0 Å². The van der Waals surface area contributed by atoms with Crippen molar-refractivity contribution in [3.05, 3.63) is 35.4 Å². The Balaban J connectivity index is 1.47. The smallest absolute Gasteiger partial charge is 0.230 e. The van der Waals surface area contributed by atoms with Gasteiger partial charge in [-0.2, -0.15) is 0 Å². The Kier molecular flexibility index (Phi) is 4.91. The lowest BCUT2D eigenvalue weighted by molar-refractivity contribution is -0.147. The third-order valence-electron chi connectivity index (χ3n) is 6.59. The van der Waals surface area contributed by atoms with E-state index >= 15 is 0 Å². The first kappa shape index (κ1) is 18.4. The molecule has 1 aliphatic carbocycles. The number of nitrogens with zero attached hydrogens (tertiary/aromatic N) is 2. The average Bonchev–Trinajstić information content (AvgIpc) is 3.33. The first-order valence-corrected chi connectivity index (χ1v) is 10.0. The SMILES string of the molecule is O=C(C1CCCC1)N1CC[C@]2(CCCN(Cc3cccc(F)c3F)C2=O)C1. The lowest BCUT2D eigenvalue weighted by Crippen LogP contribution is -2.50. The first-order chi connectivity index (χ1) is 13.0. The van der Waals surface area contributed by atoms with Crippen LogP contribution in [-0.2, 0) is 16.1 Å². The molecule has 146 valence electrons. The van der Waals surface area contributed by atoms with E-state index in [4.69, 9.17) is 0 Å². The van der Waals surface area contributed by atoms with Gasteiger partial charge in [-0.15, -0.1) is 0 Å². The molecular weight excluding hydrogens is 350 g/mol. The van der Waals surface area contributed by atoms with Gasteiger partial charge < -0.3 is 9.80 Å². The maximum atomic E-state index is 14.0. The molecule has 1 aromatic carbocycles. The summed E-state index contributed by atoms with van der Waals surface area (Å²) in [6, 6.07) is 4.08. The second-order valence-electron chi connectivity index (χ2n) is 8.31. The summed E-state index contributed by atoms with van der Waals surface area (Å²) < 4.78 is 27.5. The summed E-state index contributed by atoms with van der Waals surface area (Å²) >= 11 is 0. The van der Waals surface area contributed by atoms with E-state index < -0.39 is 17.0 Å². The third kappa shape index (κ3) is 3.34. The first-order valence-electron chi connectivity index (χ1n) is 10.0. The van der Waals surface area contributed by atoms with E-state index in [0.717, 1.165) is 44.6 Å². The largest absolute Gasteiger partial charge is 0.341 e. The predicted molar refractivity (Wildman–Crippen MR) is 96.6 cm³/mol. The highest BCUT2D eigenvalue weighted by atomic mass is 19.2. The lowest BCUT2D eigenvalue weighted by Gasteiger charge is -2.39. The number of rotatable bonds is 3. The summed E-state index contributed by atoms with van der Waals surface area (Å²) in [6.07, 6.45) is 6.41. The quantitative estimate of drug-likeness (QED) is 0.810. The highest BCUT2D eigenvalue weighted by Crippen LogP contribution is 2.41. The van der Waals surface area contributed by atoms with Crippen LogP contribution >= 0.6 is 0 Å². The Bertz CT molecular complexity index is 748. The van der Waals surface area contributed by atoms with Crippen molar-refractivity contribution in [3.63, 3.8) is 0 Å². The van der Waals surface area contributed by atoms with Crippen LogP contribution in [0.25, 0.3) is 0 Å². The fourth-order valence-electron chi connectivity index (χ4n) is 5.05. The van der Waals surface area contributed by atoms with E-state index in [1.807, 2.05) is 4.90 Å². The molecule has 6 heteroatoms. The number of hydrogen-bond acceptors (Lipinski definition) is 2. The van der Waals surface area contributed by atoms with Crippen LogP contribution in [0, 0.1) is 23.0 Å². The molecule has 1 spiro atoms. The van der Waals surface area contributed by atoms with Crippen molar-refractivity contribution in [2.75, 3.05) is 19.6 Å². The second kappa shape index (κ2) is 7.21. The number of carbonyl (C=O) groups excluding carboxylic acids is 2. The minimum atomic E-state index is -0.888. The molecule has 0 bridgehead atoms. The fraction of sp³-hybridized carbons (Fsp3) is 0.619. The predicted octanol–water partition coefficient (Wildman–Crippen LogP) is 3.50. The molecule has 2 amide bonds. The molecule has 1 aromatic rings. The zero-order chi connectivity index (χ0) is 19.0. The van der Waals surface area contributed by atoms with Crippen LogP contribution < -0.4 is 0 Å². The van der Waals surface area contributed by atoms with Crippen LogP contribution in [0.1, 0.15) is 50.5 Å². The van der Waals surface area contributed by atoms with E-state index in [9.17, 15) is 18.4 Å². The molecule has 27 heavy (non-hydrogen) atoms. The molecule has 0 aromatic heterocycles. The van der Waals surface area contributed by atoms with Crippen molar-refractivity contribution in [3.8, 4) is 0 Å². The Hall–Kier alpha value is -1.98. The molecule has 4 rings (SSSR count). The molecule has 0 radical (unpaired) electrons. The van der Waals surface area contributed by atoms with Crippen molar-refractivity contribution in [2.24, 2.45) is 11.3 Å². The highest BCUT2D eigenvalue weighted by Gasteiger charge is 2.50. The normalized spacial score (nSPS) is 26.4. The number of amides is 2. The van der Waals surface area contributed by atoms with Crippen LogP contribution in [0.15, 0.2) is 18.2 Å². The fourth-order valence-corrected chi connectivity index (χ4v) is 5.05. The van der Waals surface area contributed by atoms with E-state index in [2.05, 4.69) is 0 Å². The van der Waals surface area contributed by atoms with Gasteiger partial charge in [0.25, 0.3) is 0 Å². The van der Waals surface area contributed by atoms with Gasteiger partial charge >= 0.3 is 0 Å². The summed E-state index contributed by atoms with van der Waals surface area (Å²) in [5.74, 6) is -1.46. The number of halogens is 2. The number of likely N-dealkylation sites (tertiary alicyclic amines) is 2. The number of piperidine rings is 1. The summed E-state index contributed by atoms with van der Waals surface area (Å²) in [7, 11) is 0. The van der Waals surface area contributed by atoms with Crippen LogP contribution in [0.4, 0.5) is 8.78 Å². The van der Waals surface area contributed by atoms with Gasteiger partial charge in [0.1, 0.15) is 0 Å². The monoisotopic (exact) mass is 376 g/mol. The topological polar surface area (TPSA) is 40.6 Å². The molecule has 3 aliphatic rings. The zero-order valence-electron chi connectivity index (χ0n) is 15.6. The molecule has 0 N–H and O–H groups in total. The molecule has 2 saturated heterocycles. The van der Waals surface area contributed by atoms with Crippen molar-refractivity contribution in [1.29, 1.82) is 0 Å². The van der Waals surface area contributed by atoms with E-state index in [1.165, 1.54) is 12.1 Å². The van der Waals surface area contributed by atoms with Crippen LogP contribution in [0.3, 0.4) is 0 Å². The molecular formula is C21H26F2N2O2. The van der Waals surface area contributed by atoms with Gasteiger partial charge in [-0.3, -0.25) is 9.59 Å². The van der Waals surface area contributed by atoms with E-state index in [0.29, 0.717) is 26.1 Å². The Morgan fingerprint density at radius 2 is 1.89 bits per heavy atom. The van der Waals surface area contributed by atoms with Crippen molar-refractivity contribution in [1.82, 2.24) is 9.80 Å². The summed E-state index contributed by atoms with van der Waals surface area (Å²) in [5, 5.41) is 0. The molecule has 1 atom stereocenters. The third-order valence-corrected chi connectivity index (χ3v) is 6.59. The average molecular weight is 376 g/mol. The van der Waals surface area contributed by atoms with Crippen molar-refractivity contribution >= 4 is 11.8 Å². The lowest BCUT2D eigenvalue weighted by atomic mass is 9.78. The minimum Gasteiger partial charge on any atom is -0.341 e. The highest BCUT2D eigenvalue weighted by molar-refractivity contribution is 5.86. The van der Waals surface area contributed by atoms with Crippen LogP contribution in [0.5, 0.6) is 0 Å². The Labute approximate surface area is 158 Å². The zero-order valence-corrected chi connectivity index (χ0v) is 15.6. The van der Waals surface area contributed by atoms with Gasteiger partial charge in [-0.25, -0.2) is 8.78 Å². The van der Waals surface area contributed by atoms with Gasteiger partial charge in [-0.1, -0.05) is 25.0 Å². The summed E-state index contributed by atoms with van der Waals surface area (Å²) in [5.41, 5.74) is -0.340. The second-order valence-corrected chi connectivity index (χ2v) is 8.31. The van der Waals surface area contributed by atoms with Crippen molar-refractivity contribution in [2.45, 2.75) is 51.5 Å². The van der Waals surface area contributed by atoms with Gasteiger partial charge in [-0.05, 0) is 38.2 Å². The number of carbonyl (C=O) groups is 2. The minimum absolute atomic E-state index is 0.0147. The Morgan fingerprint density at radius 3 is 2.67 bits per heavy atom. The number of benzene rings is 1. The van der Waals surface area contributed by atoms with Gasteiger partial charge in [0.2, 0.25) is 11.8 Å². The molecule has 1 saturated carbocycles.